The zero-order valence-corrected chi connectivity index (χ0v) is 9.42. The molecule has 0 amide bonds. The fourth-order valence-electron chi connectivity index (χ4n) is 1.23. The summed E-state index contributed by atoms with van der Waals surface area (Å²) >= 11 is 0. The molecule has 0 saturated carbocycles. The monoisotopic (exact) mass is 251 g/mol. The molecule has 88 valence electrons. The molecule has 0 saturated heterocycles. The molecule has 0 aliphatic rings. The summed E-state index contributed by atoms with van der Waals surface area (Å²) < 4.78 is 26.0. The SMILES string of the molecule is O=S(=O)(Nc1cccnn1)c1ccccc1O. The van der Waals surface area contributed by atoms with E-state index in [-0.39, 0.29) is 16.5 Å². The molecule has 0 bridgehead atoms. The maximum atomic E-state index is 11.9. The van der Waals surface area contributed by atoms with Crippen LogP contribution in [-0.4, -0.2) is 23.7 Å². The quantitative estimate of drug-likeness (QED) is 0.848. The first kappa shape index (κ1) is 11.3. The van der Waals surface area contributed by atoms with Crippen LogP contribution in [0.1, 0.15) is 0 Å². The van der Waals surface area contributed by atoms with E-state index in [2.05, 4.69) is 14.9 Å². The summed E-state index contributed by atoms with van der Waals surface area (Å²) in [5.74, 6) is -0.223. The molecule has 1 aromatic heterocycles. The maximum absolute atomic E-state index is 11.9. The minimum atomic E-state index is -3.85. The van der Waals surface area contributed by atoms with E-state index in [1.807, 2.05) is 0 Å². The standard InChI is InChI=1S/C10H9N3O3S/c14-8-4-1-2-5-9(8)17(15,16)13-10-6-3-7-11-12-10/h1-7,14H,(H,12,13). The van der Waals surface area contributed by atoms with Crippen LogP contribution in [0.15, 0.2) is 47.5 Å². The number of nitrogens with zero attached hydrogens (tertiary/aromatic N) is 2. The molecule has 6 nitrogen and oxygen atoms in total. The number of anilines is 1. The Morgan fingerprint density at radius 2 is 1.88 bits per heavy atom. The number of sulfonamides is 1. The number of phenolic OH excluding ortho intramolecular Hbond substituents is 1. The molecule has 0 aliphatic heterocycles. The number of para-hydroxylation sites is 1. The van der Waals surface area contributed by atoms with E-state index in [0.29, 0.717) is 0 Å². The lowest BCUT2D eigenvalue weighted by atomic mass is 10.3. The fraction of sp³-hybridized carbons (Fsp3) is 0. The highest BCUT2D eigenvalue weighted by atomic mass is 32.2. The summed E-state index contributed by atoms with van der Waals surface area (Å²) in [6.07, 6.45) is 1.43. The highest BCUT2D eigenvalue weighted by molar-refractivity contribution is 7.92. The summed E-state index contributed by atoms with van der Waals surface area (Å²) in [6, 6.07) is 8.67. The van der Waals surface area contributed by atoms with Crippen LogP contribution in [0.4, 0.5) is 5.82 Å². The Hall–Kier alpha value is -2.15. The van der Waals surface area contributed by atoms with E-state index in [4.69, 9.17) is 0 Å². The first-order chi connectivity index (χ1) is 8.09. The van der Waals surface area contributed by atoms with Crippen molar-refractivity contribution in [2.24, 2.45) is 0 Å². The van der Waals surface area contributed by atoms with Crippen molar-refractivity contribution in [1.29, 1.82) is 0 Å². The minimum Gasteiger partial charge on any atom is -0.507 e. The zero-order valence-electron chi connectivity index (χ0n) is 8.61. The Kier molecular flexibility index (Phi) is 2.92. The van der Waals surface area contributed by atoms with Crippen LogP contribution >= 0.6 is 0 Å². The van der Waals surface area contributed by atoms with Gasteiger partial charge in [-0.15, -0.1) is 5.10 Å². The van der Waals surface area contributed by atoms with E-state index in [9.17, 15) is 13.5 Å². The van der Waals surface area contributed by atoms with Crippen LogP contribution in [0.5, 0.6) is 5.75 Å². The van der Waals surface area contributed by atoms with Crippen molar-refractivity contribution in [3.63, 3.8) is 0 Å². The molecular formula is C10H9N3O3S. The molecule has 0 fully saturated rings. The number of nitrogens with one attached hydrogen (secondary N) is 1. The average Bonchev–Trinajstić information content (AvgIpc) is 2.30. The predicted molar refractivity (Wildman–Crippen MR) is 60.9 cm³/mol. The molecule has 7 heteroatoms. The van der Waals surface area contributed by atoms with E-state index >= 15 is 0 Å². The zero-order chi connectivity index (χ0) is 12.3. The van der Waals surface area contributed by atoms with Crippen LogP contribution in [0.3, 0.4) is 0 Å². The number of hydrogen-bond acceptors (Lipinski definition) is 5. The maximum Gasteiger partial charge on any atom is 0.266 e. The van der Waals surface area contributed by atoms with Crippen molar-refractivity contribution in [2.45, 2.75) is 4.90 Å². The lowest BCUT2D eigenvalue weighted by molar-refractivity contribution is 0.459. The van der Waals surface area contributed by atoms with Gasteiger partial charge >= 0.3 is 0 Å². The van der Waals surface area contributed by atoms with Gasteiger partial charge < -0.3 is 5.11 Å². The van der Waals surface area contributed by atoms with E-state index < -0.39 is 10.0 Å². The number of benzene rings is 1. The molecule has 2 aromatic rings. The van der Waals surface area contributed by atoms with Crippen molar-refractivity contribution in [3.8, 4) is 5.75 Å². The minimum absolute atomic E-state index is 0.0933. The lowest BCUT2D eigenvalue weighted by Crippen LogP contribution is -2.14. The first-order valence-electron chi connectivity index (χ1n) is 4.68. The summed E-state index contributed by atoms with van der Waals surface area (Å²) in [7, 11) is -3.85. The summed E-state index contributed by atoms with van der Waals surface area (Å²) in [6.45, 7) is 0. The smallest absolute Gasteiger partial charge is 0.266 e. The number of phenols is 1. The van der Waals surface area contributed by atoms with Gasteiger partial charge in [0, 0.05) is 6.20 Å². The van der Waals surface area contributed by atoms with Gasteiger partial charge in [-0.05, 0) is 24.3 Å². The van der Waals surface area contributed by atoms with Gasteiger partial charge in [0.25, 0.3) is 10.0 Å². The molecule has 0 aliphatic carbocycles. The number of rotatable bonds is 3. The number of hydrogen-bond donors (Lipinski definition) is 2. The molecule has 0 spiro atoms. The lowest BCUT2D eigenvalue weighted by Gasteiger charge is -2.07. The topological polar surface area (TPSA) is 92.2 Å². The Bertz CT molecular complexity index is 614. The highest BCUT2D eigenvalue weighted by Crippen LogP contribution is 2.23. The second kappa shape index (κ2) is 4.38. The van der Waals surface area contributed by atoms with Gasteiger partial charge in [0.15, 0.2) is 5.82 Å². The van der Waals surface area contributed by atoms with Gasteiger partial charge in [-0.3, -0.25) is 4.72 Å². The molecule has 2 N–H and O–H groups in total. The second-order valence-electron chi connectivity index (χ2n) is 3.18. The molecule has 0 unspecified atom stereocenters. The molecule has 0 radical (unpaired) electrons. The van der Waals surface area contributed by atoms with E-state index in [1.165, 1.54) is 36.5 Å². The third-order valence-electron chi connectivity index (χ3n) is 1.97. The molecule has 1 aromatic carbocycles. The molecule has 17 heavy (non-hydrogen) atoms. The van der Waals surface area contributed by atoms with Crippen LogP contribution in [-0.2, 0) is 10.0 Å². The average molecular weight is 251 g/mol. The first-order valence-corrected chi connectivity index (χ1v) is 6.16. The summed E-state index contributed by atoms with van der Waals surface area (Å²) in [5.41, 5.74) is 0. The van der Waals surface area contributed by atoms with Crippen LogP contribution in [0.25, 0.3) is 0 Å². The third kappa shape index (κ3) is 2.51. The van der Waals surface area contributed by atoms with Gasteiger partial charge in [-0.2, -0.15) is 5.10 Å². The fourth-order valence-corrected chi connectivity index (χ4v) is 2.33. The van der Waals surface area contributed by atoms with E-state index in [1.54, 1.807) is 6.07 Å². The Labute approximate surface area is 98.0 Å². The number of aromatic hydroxyl groups is 1. The summed E-state index contributed by atoms with van der Waals surface area (Å²) in [4.78, 5) is -0.203. The van der Waals surface area contributed by atoms with E-state index in [0.717, 1.165) is 0 Å². The molecule has 2 rings (SSSR count). The normalized spacial score (nSPS) is 11.1. The van der Waals surface area contributed by atoms with Gasteiger partial charge in [-0.25, -0.2) is 8.42 Å². The number of aromatic nitrogens is 2. The van der Waals surface area contributed by atoms with Crippen molar-refractivity contribution in [1.82, 2.24) is 10.2 Å². The van der Waals surface area contributed by atoms with Crippen LogP contribution in [0, 0.1) is 0 Å². The van der Waals surface area contributed by atoms with Crippen LogP contribution < -0.4 is 4.72 Å². The third-order valence-corrected chi connectivity index (χ3v) is 3.37. The van der Waals surface area contributed by atoms with Crippen LogP contribution in [0.2, 0.25) is 0 Å². The van der Waals surface area contributed by atoms with Crippen molar-refractivity contribution < 1.29 is 13.5 Å². The van der Waals surface area contributed by atoms with Gasteiger partial charge in [0.05, 0.1) is 0 Å². The molecular weight excluding hydrogens is 242 g/mol. The van der Waals surface area contributed by atoms with Crippen molar-refractivity contribution in [2.75, 3.05) is 4.72 Å². The second-order valence-corrected chi connectivity index (χ2v) is 4.83. The predicted octanol–water partition coefficient (Wildman–Crippen LogP) is 0.983. The Morgan fingerprint density at radius 1 is 1.12 bits per heavy atom. The Morgan fingerprint density at radius 3 is 2.53 bits per heavy atom. The molecule has 0 atom stereocenters. The van der Waals surface area contributed by atoms with Crippen molar-refractivity contribution >= 4 is 15.8 Å². The van der Waals surface area contributed by atoms with Gasteiger partial charge in [0.1, 0.15) is 10.6 Å². The van der Waals surface area contributed by atoms with Crippen molar-refractivity contribution in [3.05, 3.63) is 42.6 Å². The molecule has 1 heterocycles. The van der Waals surface area contributed by atoms with Gasteiger partial charge in [-0.1, -0.05) is 12.1 Å². The largest absolute Gasteiger partial charge is 0.507 e. The summed E-state index contributed by atoms with van der Waals surface area (Å²) in [5, 5.41) is 16.6. The van der Waals surface area contributed by atoms with Gasteiger partial charge in [0.2, 0.25) is 0 Å². The highest BCUT2D eigenvalue weighted by Gasteiger charge is 2.18. The Balaban J connectivity index is 2.36.